The summed E-state index contributed by atoms with van der Waals surface area (Å²) in [6, 6.07) is 0.459. The topological polar surface area (TPSA) is 141 Å². The standard InChI is InChI=1S/C13H5F5N4O6/c14-8-2-6(21(25)26)3-9(15)12(8)19-11-7(13(16,17)18)1-5(20(23)24)4-10(11)22(27)28/h1-4,19H. The minimum atomic E-state index is -5.38. The Balaban J connectivity index is 2.77. The van der Waals surface area contributed by atoms with Crippen molar-refractivity contribution in [3.05, 3.63) is 71.8 Å². The van der Waals surface area contributed by atoms with E-state index in [1.165, 1.54) is 0 Å². The molecule has 0 atom stereocenters. The number of halogens is 5. The first-order chi connectivity index (χ1) is 12.8. The second kappa shape index (κ2) is 7.01. The van der Waals surface area contributed by atoms with Crippen LogP contribution in [-0.4, -0.2) is 14.8 Å². The monoisotopic (exact) mass is 408 g/mol. The number of anilines is 2. The molecular formula is C13H5F5N4O6. The fraction of sp³-hybridized carbons (Fsp3) is 0.0769. The average Bonchev–Trinajstić information content (AvgIpc) is 2.56. The molecule has 0 radical (unpaired) electrons. The number of hydrogen-bond donors (Lipinski definition) is 1. The second-order valence-electron chi connectivity index (χ2n) is 5.07. The fourth-order valence-electron chi connectivity index (χ4n) is 2.13. The second-order valence-corrected chi connectivity index (χ2v) is 5.07. The average molecular weight is 408 g/mol. The maximum atomic E-state index is 14.0. The largest absolute Gasteiger partial charge is 0.418 e. The van der Waals surface area contributed by atoms with Crippen LogP contribution in [0.1, 0.15) is 5.56 Å². The van der Waals surface area contributed by atoms with Crippen molar-refractivity contribution < 1.29 is 36.7 Å². The van der Waals surface area contributed by atoms with Crippen molar-refractivity contribution in [1.29, 1.82) is 0 Å². The van der Waals surface area contributed by atoms with Crippen LogP contribution in [-0.2, 0) is 6.18 Å². The highest BCUT2D eigenvalue weighted by atomic mass is 19.4. The SMILES string of the molecule is O=[N+]([O-])c1cc(F)c(Nc2c([N+](=O)[O-])cc([N+](=O)[O-])cc2C(F)(F)F)c(F)c1. The predicted octanol–water partition coefficient (Wildman–Crippen LogP) is 4.45. The van der Waals surface area contributed by atoms with Crippen LogP contribution in [0.5, 0.6) is 0 Å². The van der Waals surface area contributed by atoms with Crippen LogP contribution in [0, 0.1) is 42.0 Å². The molecule has 0 saturated carbocycles. The quantitative estimate of drug-likeness (QED) is 0.437. The van der Waals surface area contributed by atoms with Gasteiger partial charge in [-0.3, -0.25) is 30.3 Å². The maximum Gasteiger partial charge on any atom is 0.418 e. The van der Waals surface area contributed by atoms with Crippen LogP contribution in [0.15, 0.2) is 24.3 Å². The molecule has 0 unspecified atom stereocenters. The normalized spacial score (nSPS) is 11.2. The van der Waals surface area contributed by atoms with Crippen LogP contribution in [0.4, 0.5) is 50.4 Å². The molecule has 2 aromatic rings. The van der Waals surface area contributed by atoms with E-state index in [-0.39, 0.29) is 24.3 Å². The van der Waals surface area contributed by atoms with Crippen LogP contribution >= 0.6 is 0 Å². The number of benzene rings is 2. The third kappa shape index (κ3) is 3.92. The number of nitro benzene ring substituents is 3. The number of hydrogen-bond acceptors (Lipinski definition) is 7. The minimum absolute atomic E-state index is 0.0590. The van der Waals surface area contributed by atoms with E-state index in [4.69, 9.17) is 0 Å². The molecule has 10 nitrogen and oxygen atoms in total. The van der Waals surface area contributed by atoms with Crippen LogP contribution < -0.4 is 5.32 Å². The summed E-state index contributed by atoms with van der Waals surface area (Å²) in [6.45, 7) is 0. The Morgan fingerprint density at radius 3 is 1.61 bits per heavy atom. The zero-order valence-electron chi connectivity index (χ0n) is 13.0. The third-order valence-corrected chi connectivity index (χ3v) is 3.30. The third-order valence-electron chi connectivity index (χ3n) is 3.30. The fourth-order valence-corrected chi connectivity index (χ4v) is 2.13. The van der Waals surface area contributed by atoms with Crippen molar-refractivity contribution in [2.75, 3.05) is 5.32 Å². The van der Waals surface area contributed by atoms with E-state index in [1.807, 2.05) is 0 Å². The van der Waals surface area contributed by atoms with E-state index in [9.17, 15) is 52.3 Å². The summed E-state index contributed by atoms with van der Waals surface area (Å²) in [6.07, 6.45) is -5.38. The molecule has 28 heavy (non-hydrogen) atoms. The number of nitrogens with one attached hydrogen (secondary N) is 1. The lowest BCUT2D eigenvalue weighted by atomic mass is 10.1. The van der Waals surface area contributed by atoms with Crippen molar-refractivity contribution in [3.63, 3.8) is 0 Å². The van der Waals surface area contributed by atoms with E-state index < -0.39 is 66.6 Å². The smallest absolute Gasteiger partial charge is 0.345 e. The highest BCUT2D eigenvalue weighted by molar-refractivity contribution is 5.77. The summed E-state index contributed by atoms with van der Waals surface area (Å²) >= 11 is 0. The molecule has 0 aromatic heterocycles. The molecule has 0 bridgehead atoms. The van der Waals surface area contributed by atoms with Gasteiger partial charge in [0.15, 0.2) is 11.6 Å². The lowest BCUT2D eigenvalue weighted by molar-refractivity contribution is -0.394. The maximum absolute atomic E-state index is 14.0. The van der Waals surface area contributed by atoms with Crippen LogP contribution in [0.25, 0.3) is 0 Å². The molecule has 0 amide bonds. The lowest BCUT2D eigenvalue weighted by Crippen LogP contribution is -2.13. The Kier molecular flexibility index (Phi) is 5.11. The highest BCUT2D eigenvalue weighted by Gasteiger charge is 2.40. The predicted molar refractivity (Wildman–Crippen MR) is 81.0 cm³/mol. The van der Waals surface area contributed by atoms with Crippen LogP contribution in [0.3, 0.4) is 0 Å². The summed E-state index contributed by atoms with van der Waals surface area (Å²) in [7, 11) is 0. The van der Waals surface area contributed by atoms with Crippen molar-refractivity contribution in [1.82, 2.24) is 0 Å². The first kappa shape index (κ1) is 20.4. The molecule has 0 aliphatic rings. The molecule has 0 aliphatic heterocycles. The van der Waals surface area contributed by atoms with E-state index in [0.717, 1.165) is 0 Å². The zero-order chi connectivity index (χ0) is 21.4. The Labute approximate surface area is 149 Å². The van der Waals surface area contributed by atoms with Gasteiger partial charge in [-0.2, -0.15) is 13.2 Å². The lowest BCUT2D eigenvalue weighted by Gasteiger charge is -2.15. The highest BCUT2D eigenvalue weighted by Crippen LogP contribution is 2.44. The van der Waals surface area contributed by atoms with E-state index >= 15 is 0 Å². The van der Waals surface area contributed by atoms with Gasteiger partial charge in [0.25, 0.3) is 17.1 Å². The Morgan fingerprint density at radius 1 is 0.750 bits per heavy atom. The molecule has 2 aromatic carbocycles. The molecule has 0 fully saturated rings. The number of nitrogens with zero attached hydrogens (tertiary/aromatic N) is 3. The van der Waals surface area contributed by atoms with Crippen molar-refractivity contribution in [2.24, 2.45) is 0 Å². The van der Waals surface area contributed by atoms with Crippen molar-refractivity contribution >= 4 is 28.4 Å². The molecule has 0 spiro atoms. The molecule has 1 N–H and O–H groups in total. The summed E-state index contributed by atoms with van der Waals surface area (Å²) < 4.78 is 67.7. The van der Waals surface area contributed by atoms with E-state index in [1.54, 1.807) is 5.32 Å². The summed E-state index contributed by atoms with van der Waals surface area (Å²) in [5.41, 5.74) is -8.60. The first-order valence-electron chi connectivity index (χ1n) is 6.77. The zero-order valence-corrected chi connectivity index (χ0v) is 13.0. The van der Waals surface area contributed by atoms with Crippen molar-refractivity contribution in [2.45, 2.75) is 6.18 Å². The van der Waals surface area contributed by atoms with Gasteiger partial charge >= 0.3 is 6.18 Å². The molecule has 2 rings (SSSR count). The van der Waals surface area contributed by atoms with Gasteiger partial charge in [-0.15, -0.1) is 0 Å². The Bertz CT molecular complexity index is 987. The Hall–Kier alpha value is -3.91. The summed E-state index contributed by atoms with van der Waals surface area (Å²) in [4.78, 5) is 28.5. The molecule has 0 heterocycles. The van der Waals surface area contributed by atoms with Gasteiger partial charge in [-0.25, -0.2) is 8.78 Å². The summed E-state index contributed by atoms with van der Waals surface area (Å²) in [5.74, 6) is -3.43. The van der Waals surface area contributed by atoms with E-state index in [2.05, 4.69) is 0 Å². The van der Waals surface area contributed by atoms with Crippen molar-refractivity contribution in [3.8, 4) is 0 Å². The van der Waals surface area contributed by atoms with E-state index in [0.29, 0.717) is 0 Å². The van der Waals surface area contributed by atoms with Gasteiger partial charge in [0.05, 0.1) is 38.5 Å². The van der Waals surface area contributed by atoms with Gasteiger partial charge < -0.3 is 5.32 Å². The van der Waals surface area contributed by atoms with Gasteiger partial charge in [-0.05, 0) is 0 Å². The number of alkyl halides is 3. The first-order valence-corrected chi connectivity index (χ1v) is 6.77. The minimum Gasteiger partial charge on any atom is -0.345 e. The molecule has 0 saturated heterocycles. The number of rotatable bonds is 5. The molecule has 0 aliphatic carbocycles. The Morgan fingerprint density at radius 2 is 1.21 bits per heavy atom. The van der Waals surface area contributed by atoms with Gasteiger partial charge in [0.1, 0.15) is 11.4 Å². The molecule has 15 heteroatoms. The molecule has 148 valence electrons. The number of non-ortho nitro benzene ring substituents is 2. The summed E-state index contributed by atoms with van der Waals surface area (Å²) in [5, 5.41) is 33.9. The van der Waals surface area contributed by atoms with Gasteiger partial charge in [0.2, 0.25) is 0 Å². The molecular weight excluding hydrogens is 403 g/mol. The van der Waals surface area contributed by atoms with Gasteiger partial charge in [-0.1, -0.05) is 0 Å². The van der Waals surface area contributed by atoms with Gasteiger partial charge in [0, 0.05) is 6.07 Å². The number of nitro groups is 3. The van der Waals surface area contributed by atoms with Crippen LogP contribution in [0.2, 0.25) is 0 Å².